The first-order chi connectivity index (χ1) is 12.0. The SMILES string of the molecule is Cc1ccc(Oc2ccc(Cl)cc2NC(=O)C(C)n2cccn2)cc1. The van der Waals surface area contributed by atoms with E-state index in [2.05, 4.69) is 10.4 Å². The fraction of sp³-hybridized carbons (Fsp3) is 0.158. The van der Waals surface area contributed by atoms with E-state index in [0.717, 1.165) is 5.56 Å². The van der Waals surface area contributed by atoms with Crippen LogP contribution in [0.5, 0.6) is 11.5 Å². The summed E-state index contributed by atoms with van der Waals surface area (Å²) in [6.45, 7) is 3.78. The molecule has 3 aromatic rings. The fourth-order valence-corrected chi connectivity index (χ4v) is 2.46. The molecule has 0 bridgehead atoms. The number of anilines is 1. The van der Waals surface area contributed by atoms with Crippen LogP contribution in [0.15, 0.2) is 60.9 Å². The Kier molecular flexibility index (Phi) is 5.05. The van der Waals surface area contributed by atoms with E-state index in [-0.39, 0.29) is 5.91 Å². The van der Waals surface area contributed by atoms with Gasteiger partial charge < -0.3 is 10.1 Å². The minimum absolute atomic E-state index is 0.209. The highest BCUT2D eigenvalue weighted by Crippen LogP contribution is 2.32. The third-order valence-electron chi connectivity index (χ3n) is 3.75. The van der Waals surface area contributed by atoms with Crippen molar-refractivity contribution in [2.45, 2.75) is 19.9 Å². The van der Waals surface area contributed by atoms with Crippen molar-refractivity contribution >= 4 is 23.2 Å². The summed E-state index contributed by atoms with van der Waals surface area (Å²) in [5.74, 6) is 0.998. The van der Waals surface area contributed by atoms with Gasteiger partial charge in [-0.25, -0.2) is 0 Å². The number of nitrogens with one attached hydrogen (secondary N) is 1. The maximum atomic E-state index is 12.5. The summed E-state index contributed by atoms with van der Waals surface area (Å²) in [7, 11) is 0. The van der Waals surface area contributed by atoms with Crippen molar-refractivity contribution in [3.05, 3.63) is 71.5 Å². The number of rotatable bonds is 5. The largest absolute Gasteiger partial charge is 0.455 e. The van der Waals surface area contributed by atoms with Gasteiger partial charge in [0.1, 0.15) is 11.8 Å². The summed E-state index contributed by atoms with van der Waals surface area (Å²) >= 11 is 6.08. The Morgan fingerprint density at radius 2 is 2.00 bits per heavy atom. The maximum Gasteiger partial charge on any atom is 0.249 e. The molecular weight excluding hydrogens is 338 g/mol. The molecule has 0 radical (unpaired) electrons. The van der Waals surface area contributed by atoms with Gasteiger partial charge in [-0.05, 0) is 50.2 Å². The number of ether oxygens (including phenoxy) is 1. The number of aromatic nitrogens is 2. The van der Waals surface area contributed by atoms with Crippen molar-refractivity contribution in [3.8, 4) is 11.5 Å². The molecule has 5 nitrogen and oxygen atoms in total. The van der Waals surface area contributed by atoms with Crippen LogP contribution >= 0.6 is 11.6 Å². The van der Waals surface area contributed by atoms with Gasteiger partial charge in [0, 0.05) is 17.4 Å². The van der Waals surface area contributed by atoms with E-state index < -0.39 is 6.04 Å². The Hall–Kier alpha value is -2.79. The smallest absolute Gasteiger partial charge is 0.249 e. The van der Waals surface area contributed by atoms with Crippen LogP contribution in [-0.2, 0) is 4.79 Å². The molecule has 0 fully saturated rings. The molecular formula is C19H18ClN3O2. The van der Waals surface area contributed by atoms with E-state index in [1.165, 1.54) is 0 Å². The van der Waals surface area contributed by atoms with Crippen molar-refractivity contribution in [1.82, 2.24) is 9.78 Å². The third-order valence-corrected chi connectivity index (χ3v) is 3.98. The molecule has 1 atom stereocenters. The first-order valence-electron chi connectivity index (χ1n) is 7.87. The highest BCUT2D eigenvalue weighted by molar-refractivity contribution is 6.31. The van der Waals surface area contributed by atoms with E-state index in [1.807, 2.05) is 31.2 Å². The molecule has 0 aliphatic carbocycles. The number of nitrogens with zero attached hydrogens (tertiary/aromatic N) is 2. The lowest BCUT2D eigenvalue weighted by Crippen LogP contribution is -2.24. The highest BCUT2D eigenvalue weighted by atomic mass is 35.5. The summed E-state index contributed by atoms with van der Waals surface area (Å²) in [5, 5.41) is 7.47. The molecule has 6 heteroatoms. The Labute approximate surface area is 151 Å². The van der Waals surface area contributed by atoms with E-state index >= 15 is 0 Å². The zero-order chi connectivity index (χ0) is 17.8. The highest BCUT2D eigenvalue weighted by Gasteiger charge is 2.17. The van der Waals surface area contributed by atoms with Crippen LogP contribution in [0.2, 0.25) is 5.02 Å². The van der Waals surface area contributed by atoms with Crippen molar-refractivity contribution < 1.29 is 9.53 Å². The summed E-state index contributed by atoms with van der Waals surface area (Å²) < 4.78 is 7.48. The lowest BCUT2D eigenvalue weighted by molar-refractivity contribution is -0.119. The molecule has 1 N–H and O–H groups in total. The van der Waals surface area contributed by atoms with Crippen LogP contribution in [0.25, 0.3) is 0 Å². The van der Waals surface area contributed by atoms with Crippen LogP contribution in [-0.4, -0.2) is 15.7 Å². The third kappa shape index (κ3) is 4.19. The van der Waals surface area contributed by atoms with E-state index in [9.17, 15) is 4.79 Å². The van der Waals surface area contributed by atoms with Gasteiger partial charge in [0.2, 0.25) is 5.91 Å². The van der Waals surface area contributed by atoms with E-state index in [0.29, 0.717) is 22.2 Å². The molecule has 0 spiro atoms. The molecule has 25 heavy (non-hydrogen) atoms. The monoisotopic (exact) mass is 355 g/mol. The molecule has 0 aliphatic heterocycles. The average molecular weight is 356 g/mol. The standard InChI is InChI=1S/C19H18ClN3O2/c1-13-4-7-16(8-5-13)25-18-9-6-15(20)12-17(18)22-19(24)14(2)23-11-3-10-21-23/h3-12,14H,1-2H3,(H,22,24). The molecule has 1 aromatic heterocycles. The van der Waals surface area contributed by atoms with Crippen LogP contribution in [0, 0.1) is 6.92 Å². The lowest BCUT2D eigenvalue weighted by atomic mass is 10.2. The second-order valence-electron chi connectivity index (χ2n) is 5.71. The summed E-state index contributed by atoms with van der Waals surface area (Å²) in [6.07, 6.45) is 3.38. The van der Waals surface area contributed by atoms with Crippen molar-refractivity contribution in [2.75, 3.05) is 5.32 Å². The van der Waals surface area contributed by atoms with E-state index in [4.69, 9.17) is 16.3 Å². The van der Waals surface area contributed by atoms with Gasteiger partial charge in [0.05, 0.1) is 5.69 Å². The number of halogens is 1. The molecule has 128 valence electrons. The van der Waals surface area contributed by atoms with Crippen LogP contribution in [0.4, 0.5) is 5.69 Å². The number of hydrogen-bond acceptors (Lipinski definition) is 3. The second kappa shape index (κ2) is 7.40. The summed E-state index contributed by atoms with van der Waals surface area (Å²) in [5.41, 5.74) is 1.65. The number of amides is 1. The number of benzene rings is 2. The quantitative estimate of drug-likeness (QED) is 0.712. The van der Waals surface area contributed by atoms with Crippen LogP contribution < -0.4 is 10.1 Å². The molecule has 1 unspecified atom stereocenters. The molecule has 0 saturated carbocycles. The number of aryl methyl sites for hydroxylation is 1. The average Bonchev–Trinajstić information content (AvgIpc) is 3.13. The Balaban J connectivity index is 1.81. The number of carbonyl (C=O) groups excluding carboxylic acids is 1. The van der Waals surface area contributed by atoms with Crippen LogP contribution in [0.1, 0.15) is 18.5 Å². The predicted octanol–water partition coefficient (Wildman–Crippen LogP) is 4.84. The molecule has 3 rings (SSSR count). The Bertz CT molecular complexity index is 861. The normalized spacial score (nSPS) is 11.8. The Morgan fingerprint density at radius 3 is 2.68 bits per heavy atom. The maximum absolute atomic E-state index is 12.5. The van der Waals surface area contributed by atoms with Gasteiger partial charge in [0.15, 0.2) is 5.75 Å². The topological polar surface area (TPSA) is 56.1 Å². The van der Waals surface area contributed by atoms with Crippen molar-refractivity contribution in [3.63, 3.8) is 0 Å². The number of hydrogen-bond donors (Lipinski definition) is 1. The van der Waals surface area contributed by atoms with Crippen LogP contribution in [0.3, 0.4) is 0 Å². The van der Waals surface area contributed by atoms with Gasteiger partial charge in [-0.2, -0.15) is 5.10 Å². The van der Waals surface area contributed by atoms with Crippen molar-refractivity contribution in [2.24, 2.45) is 0 Å². The lowest BCUT2D eigenvalue weighted by Gasteiger charge is -2.16. The first-order valence-corrected chi connectivity index (χ1v) is 8.25. The molecule has 1 amide bonds. The second-order valence-corrected chi connectivity index (χ2v) is 6.14. The predicted molar refractivity (Wildman–Crippen MR) is 98.3 cm³/mol. The molecule has 0 saturated heterocycles. The van der Waals surface area contributed by atoms with Gasteiger partial charge in [-0.3, -0.25) is 9.48 Å². The van der Waals surface area contributed by atoms with Gasteiger partial charge in [0.25, 0.3) is 0 Å². The van der Waals surface area contributed by atoms with Gasteiger partial charge >= 0.3 is 0 Å². The first kappa shape index (κ1) is 17.0. The summed E-state index contributed by atoms with van der Waals surface area (Å²) in [6, 6.07) is 14.1. The zero-order valence-electron chi connectivity index (χ0n) is 13.9. The van der Waals surface area contributed by atoms with E-state index in [1.54, 1.807) is 48.3 Å². The molecule has 2 aromatic carbocycles. The summed E-state index contributed by atoms with van der Waals surface area (Å²) in [4.78, 5) is 12.5. The minimum Gasteiger partial charge on any atom is -0.455 e. The van der Waals surface area contributed by atoms with Gasteiger partial charge in [-0.15, -0.1) is 0 Å². The fourth-order valence-electron chi connectivity index (χ4n) is 2.29. The Morgan fingerprint density at radius 1 is 1.24 bits per heavy atom. The zero-order valence-corrected chi connectivity index (χ0v) is 14.7. The number of carbonyl (C=O) groups is 1. The molecule has 1 heterocycles. The van der Waals surface area contributed by atoms with Crippen molar-refractivity contribution in [1.29, 1.82) is 0 Å². The molecule has 0 aliphatic rings. The van der Waals surface area contributed by atoms with Gasteiger partial charge in [-0.1, -0.05) is 29.3 Å². The minimum atomic E-state index is -0.457.